The van der Waals surface area contributed by atoms with E-state index in [0.29, 0.717) is 6.61 Å². The summed E-state index contributed by atoms with van der Waals surface area (Å²) in [5.74, 6) is 0. The molecule has 0 unspecified atom stereocenters. The van der Waals surface area contributed by atoms with Crippen molar-refractivity contribution in [3.8, 4) is 0 Å². The number of aliphatic hydroxyl groups is 2. The lowest BCUT2D eigenvalue weighted by atomic mass is 9.96. The quantitative estimate of drug-likeness (QED) is 0.651. The predicted molar refractivity (Wildman–Crippen MR) is 48.0 cm³/mol. The van der Waals surface area contributed by atoms with Crippen molar-refractivity contribution in [3.05, 3.63) is 0 Å². The zero-order valence-electron chi connectivity index (χ0n) is 8.42. The minimum absolute atomic E-state index is 0.00545. The fourth-order valence-corrected chi connectivity index (χ4v) is 0.482. The van der Waals surface area contributed by atoms with Gasteiger partial charge < -0.3 is 14.9 Å². The highest BCUT2D eigenvalue weighted by Crippen LogP contribution is 2.18. The fourth-order valence-electron chi connectivity index (χ4n) is 0.482. The summed E-state index contributed by atoms with van der Waals surface area (Å²) < 4.78 is 5.42. The zero-order chi connectivity index (χ0) is 9.83. The van der Waals surface area contributed by atoms with Gasteiger partial charge in [0.25, 0.3) is 0 Å². The average Bonchev–Trinajstić information content (AvgIpc) is 2.02. The van der Waals surface area contributed by atoms with E-state index in [0.717, 1.165) is 0 Å². The Morgan fingerprint density at radius 2 is 1.50 bits per heavy atom. The molecule has 0 heterocycles. The Balaban J connectivity index is 3.82. The van der Waals surface area contributed by atoms with Crippen molar-refractivity contribution >= 4 is 0 Å². The van der Waals surface area contributed by atoms with Crippen LogP contribution in [0, 0.1) is 5.41 Å². The van der Waals surface area contributed by atoms with Gasteiger partial charge in [-0.15, -0.1) is 0 Å². The standard InChI is InChI=1S/C9H20O3/c1-8(2,5-10)7-12-9(3,4)6-11/h10-11H,5-7H2,1-4H3. The molecule has 0 saturated heterocycles. The van der Waals surface area contributed by atoms with Crippen LogP contribution in [0.15, 0.2) is 0 Å². The van der Waals surface area contributed by atoms with Crippen LogP contribution in [0.2, 0.25) is 0 Å². The molecule has 0 saturated carbocycles. The summed E-state index contributed by atoms with van der Waals surface area (Å²) in [5.41, 5.74) is -0.737. The van der Waals surface area contributed by atoms with E-state index < -0.39 is 5.60 Å². The van der Waals surface area contributed by atoms with Gasteiger partial charge in [-0.05, 0) is 13.8 Å². The maximum Gasteiger partial charge on any atom is 0.0856 e. The van der Waals surface area contributed by atoms with Crippen molar-refractivity contribution < 1.29 is 14.9 Å². The monoisotopic (exact) mass is 176 g/mol. The van der Waals surface area contributed by atoms with Gasteiger partial charge in [-0.2, -0.15) is 0 Å². The van der Waals surface area contributed by atoms with E-state index in [1.165, 1.54) is 0 Å². The largest absolute Gasteiger partial charge is 0.396 e. The molecule has 12 heavy (non-hydrogen) atoms. The summed E-state index contributed by atoms with van der Waals surface area (Å²) in [6.07, 6.45) is 0. The van der Waals surface area contributed by atoms with Crippen LogP contribution in [0.1, 0.15) is 27.7 Å². The molecule has 0 aliphatic carbocycles. The zero-order valence-corrected chi connectivity index (χ0v) is 8.42. The molecule has 0 aliphatic heterocycles. The summed E-state index contributed by atoms with van der Waals surface area (Å²) in [6, 6.07) is 0. The van der Waals surface area contributed by atoms with Gasteiger partial charge in [-0.25, -0.2) is 0 Å². The molecule has 0 atom stereocenters. The van der Waals surface area contributed by atoms with Crippen molar-refractivity contribution in [1.82, 2.24) is 0 Å². The summed E-state index contributed by atoms with van der Waals surface area (Å²) in [6.45, 7) is 8.02. The molecule has 0 aliphatic rings. The fraction of sp³-hybridized carbons (Fsp3) is 1.00. The van der Waals surface area contributed by atoms with Gasteiger partial charge in [0.2, 0.25) is 0 Å². The van der Waals surface area contributed by atoms with Crippen molar-refractivity contribution in [1.29, 1.82) is 0 Å². The number of hydrogen-bond donors (Lipinski definition) is 2. The van der Waals surface area contributed by atoms with Gasteiger partial charge in [0.1, 0.15) is 0 Å². The predicted octanol–water partition coefficient (Wildman–Crippen LogP) is 0.792. The first-order valence-corrected chi connectivity index (χ1v) is 4.19. The van der Waals surface area contributed by atoms with Crippen LogP contribution < -0.4 is 0 Å². The van der Waals surface area contributed by atoms with Gasteiger partial charge in [-0.1, -0.05) is 13.8 Å². The second-order valence-corrected chi connectivity index (χ2v) is 4.53. The molecule has 0 spiro atoms. The second-order valence-electron chi connectivity index (χ2n) is 4.53. The molecule has 0 fully saturated rings. The Kier molecular flexibility index (Phi) is 4.17. The van der Waals surface area contributed by atoms with E-state index in [1.54, 1.807) is 0 Å². The van der Waals surface area contributed by atoms with Gasteiger partial charge >= 0.3 is 0 Å². The van der Waals surface area contributed by atoms with Crippen LogP contribution in [-0.4, -0.2) is 35.6 Å². The maximum absolute atomic E-state index is 8.92. The van der Waals surface area contributed by atoms with E-state index >= 15 is 0 Å². The van der Waals surface area contributed by atoms with E-state index in [4.69, 9.17) is 14.9 Å². The first-order chi connectivity index (χ1) is 5.33. The number of rotatable bonds is 5. The molecule has 0 aromatic heterocycles. The van der Waals surface area contributed by atoms with Crippen molar-refractivity contribution in [3.63, 3.8) is 0 Å². The van der Waals surface area contributed by atoms with Gasteiger partial charge in [0, 0.05) is 5.41 Å². The summed E-state index contributed by atoms with van der Waals surface area (Å²) in [7, 11) is 0. The molecule has 2 N–H and O–H groups in total. The molecule has 0 bridgehead atoms. The molecular formula is C9H20O3. The molecule has 74 valence electrons. The maximum atomic E-state index is 8.92. The third-order valence-electron chi connectivity index (χ3n) is 1.66. The third-order valence-corrected chi connectivity index (χ3v) is 1.66. The molecule has 0 aromatic rings. The van der Waals surface area contributed by atoms with Crippen LogP contribution in [0.25, 0.3) is 0 Å². The smallest absolute Gasteiger partial charge is 0.0856 e. The van der Waals surface area contributed by atoms with E-state index in [1.807, 2.05) is 27.7 Å². The van der Waals surface area contributed by atoms with Crippen LogP contribution in [-0.2, 0) is 4.74 Å². The minimum atomic E-state index is -0.507. The number of ether oxygens (including phenoxy) is 1. The lowest BCUT2D eigenvalue weighted by Gasteiger charge is -2.29. The van der Waals surface area contributed by atoms with Crippen LogP contribution in [0.4, 0.5) is 0 Å². The Hall–Kier alpha value is -0.120. The molecular weight excluding hydrogens is 156 g/mol. The molecule has 0 rings (SSSR count). The van der Waals surface area contributed by atoms with Crippen LogP contribution in [0.3, 0.4) is 0 Å². The molecule has 0 aromatic carbocycles. The van der Waals surface area contributed by atoms with Crippen LogP contribution in [0.5, 0.6) is 0 Å². The van der Waals surface area contributed by atoms with Crippen LogP contribution >= 0.6 is 0 Å². The average molecular weight is 176 g/mol. The highest BCUT2D eigenvalue weighted by Gasteiger charge is 2.23. The summed E-state index contributed by atoms with van der Waals surface area (Å²) in [5, 5.41) is 17.8. The second kappa shape index (κ2) is 4.21. The normalized spacial score (nSPS) is 13.5. The van der Waals surface area contributed by atoms with Crippen molar-refractivity contribution in [2.75, 3.05) is 19.8 Å². The molecule has 3 nitrogen and oxygen atoms in total. The molecule has 0 radical (unpaired) electrons. The van der Waals surface area contributed by atoms with Gasteiger partial charge in [0.05, 0.1) is 25.4 Å². The SMILES string of the molecule is CC(C)(CO)COC(C)(C)CO. The van der Waals surface area contributed by atoms with E-state index in [9.17, 15) is 0 Å². The summed E-state index contributed by atoms with van der Waals surface area (Å²) >= 11 is 0. The molecule has 0 amide bonds. The van der Waals surface area contributed by atoms with E-state index in [2.05, 4.69) is 0 Å². The Bertz CT molecular complexity index is 114. The minimum Gasteiger partial charge on any atom is -0.396 e. The van der Waals surface area contributed by atoms with E-state index in [-0.39, 0.29) is 18.6 Å². The van der Waals surface area contributed by atoms with Crippen molar-refractivity contribution in [2.24, 2.45) is 5.41 Å². The van der Waals surface area contributed by atoms with Gasteiger partial charge in [0.15, 0.2) is 0 Å². The Labute approximate surface area is 74.4 Å². The number of hydrogen-bond acceptors (Lipinski definition) is 3. The number of aliphatic hydroxyl groups excluding tert-OH is 2. The highest BCUT2D eigenvalue weighted by molar-refractivity contribution is 4.71. The van der Waals surface area contributed by atoms with Gasteiger partial charge in [-0.3, -0.25) is 0 Å². The highest BCUT2D eigenvalue weighted by atomic mass is 16.5. The summed E-state index contributed by atoms with van der Waals surface area (Å²) in [4.78, 5) is 0. The lowest BCUT2D eigenvalue weighted by molar-refractivity contribution is -0.0901. The Morgan fingerprint density at radius 3 is 1.83 bits per heavy atom. The topological polar surface area (TPSA) is 49.7 Å². The lowest BCUT2D eigenvalue weighted by Crippen LogP contribution is -2.35. The van der Waals surface area contributed by atoms with Crippen molar-refractivity contribution in [2.45, 2.75) is 33.3 Å². The molecule has 3 heteroatoms. The Morgan fingerprint density at radius 1 is 1.00 bits per heavy atom. The first-order valence-electron chi connectivity index (χ1n) is 4.19. The first kappa shape index (κ1) is 11.9. The third kappa shape index (κ3) is 4.70.